The molecule has 0 aliphatic heterocycles. The molecule has 19 heavy (non-hydrogen) atoms. The smallest absolute Gasteiger partial charge is 0.126 e. The maximum atomic E-state index is 13.5. The molecule has 0 spiro atoms. The van der Waals surface area contributed by atoms with E-state index >= 15 is 0 Å². The lowest BCUT2D eigenvalue weighted by Gasteiger charge is -2.00. The summed E-state index contributed by atoms with van der Waals surface area (Å²) in [6, 6.07) is 13.0. The van der Waals surface area contributed by atoms with Gasteiger partial charge in [-0.25, -0.2) is 9.37 Å². The van der Waals surface area contributed by atoms with E-state index in [1.54, 1.807) is 6.07 Å². The molecule has 0 radical (unpaired) electrons. The van der Waals surface area contributed by atoms with Gasteiger partial charge in [-0.05, 0) is 42.7 Å². The Hall–Kier alpha value is -2.16. The molecule has 1 N–H and O–H groups in total. The third kappa shape index (κ3) is 2.50. The van der Waals surface area contributed by atoms with E-state index in [0.29, 0.717) is 12.8 Å². The highest BCUT2D eigenvalue weighted by Gasteiger charge is 2.05. The number of rotatable bonds is 3. The van der Waals surface area contributed by atoms with Gasteiger partial charge >= 0.3 is 0 Å². The summed E-state index contributed by atoms with van der Waals surface area (Å²) in [6.45, 7) is 2.05. The average Bonchev–Trinajstić information content (AvgIpc) is 2.79. The van der Waals surface area contributed by atoms with Crippen LogP contribution in [0.3, 0.4) is 0 Å². The van der Waals surface area contributed by atoms with Crippen LogP contribution in [0.1, 0.15) is 17.0 Å². The zero-order valence-corrected chi connectivity index (χ0v) is 10.8. The van der Waals surface area contributed by atoms with Gasteiger partial charge in [-0.1, -0.05) is 24.3 Å². The minimum atomic E-state index is -0.144. The third-order valence-electron chi connectivity index (χ3n) is 3.28. The summed E-state index contributed by atoms with van der Waals surface area (Å²) in [4.78, 5) is 7.81. The first kappa shape index (κ1) is 11.9. The van der Waals surface area contributed by atoms with E-state index in [4.69, 9.17) is 0 Å². The number of imidazole rings is 1. The van der Waals surface area contributed by atoms with Gasteiger partial charge in [-0.2, -0.15) is 0 Å². The number of H-pyrrole nitrogens is 1. The van der Waals surface area contributed by atoms with E-state index < -0.39 is 0 Å². The summed E-state index contributed by atoms with van der Waals surface area (Å²) in [6.07, 6.45) is 1.38. The number of aromatic nitrogens is 2. The van der Waals surface area contributed by atoms with Gasteiger partial charge in [0.25, 0.3) is 0 Å². The Morgan fingerprint density at radius 1 is 1.11 bits per heavy atom. The van der Waals surface area contributed by atoms with Crippen molar-refractivity contribution in [2.24, 2.45) is 0 Å². The van der Waals surface area contributed by atoms with Crippen LogP contribution in [-0.4, -0.2) is 9.97 Å². The molecule has 0 amide bonds. The van der Waals surface area contributed by atoms with Crippen molar-refractivity contribution >= 4 is 11.0 Å². The van der Waals surface area contributed by atoms with Gasteiger partial charge in [-0.3, -0.25) is 0 Å². The Bertz CT molecular complexity index is 716. The van der Waals surface area contributed by atoms with E-state index in [9.17, 15) is 4.39 Å². The largest absolute Gasteiger partial charge is 0.342 e. The van der Waals surface area contributed by atoms with Crippen molar-refractivity contribution < 1.29 is 4.39 Å². The van der Waals surface area contributed by atoms with E-state index in [1.807, 2.05) is 24.3 Å². The Balaban J connectivity index is 1.80. The zero-order chi connectivity index (χ0) is 13.2. The highest BCUT2D eigenvalue weighted by molar-refractivity contribution is 5.75. The second-order valence-electron chi connectivity index (χ2n) is 4.80. The molecule has 2 nitrogen and oxygen atoms in total. The van der Waals surface area contributed by atoms with Crippen LogP contribution in [-0.2, 0) is 12.8 Å². The first-order valence-electron chi connectivity index (χ1n) is 6.41. The lowest BCUT2D eigenvalue weighted by Crippen LogP contribution is -1.96. The number of aromatic amines is 1. The Morgan fingerprint density at radius 3 is 2.79 bits per heavy atom. The molecule has 0 saturated heterocycles. The number of hydrogen-bond acceptors (Lipinski definition) is 1. The average molecular weight is 254 g/mol. The quantitative estimate of drug-likeness (QED) is 0.756. The van der Waals surface area contributed by atoms with Crippen LogP contribution in [0, 0.1) is 12.7 Å². The minimum Gasteiger partial charge on any atom is -0.342 e. The highest BCUT2D eigenvalue weighted by atomic mass is 19.1. The molecule has 0 atom stereocenters. The van der Waals surface area contributed by atoms with Crippen LogP contribution in [0.15, 0.2) is 42.5 Å². The number of halogens is 1. The number of hydrogen-bond donors (Lipinski definition) is 1. The van der Waals surface area contributed by atoms with Gasteiger partial charge in [0.2, 0.25) is 0 Å². The maximum absolute atomic E-state index is 13.5. The van der Waals surface area contributed by atoms with E-state index in [2.05, 4.69) is 23.0 Å². The van der Waals surface area contributed by atoms with Crippen molar-refractivity contribution in [3.8, 4) is 0 Å². The molecule has 2 aromatic carbocycles. The molecule has 3 rings (SSSR count). The topological polar surface area (TPSA) is 28.7 Å². The molecule has 0 aliphatic rings. The van der Waals surface area contributed by atoms with Crippen LogP contribution in [0.25, 0.3) is 11.0 Å². The summed E-state index contributed by atoms with van der Waals surface area (Å²) < 4.78 is 13.5. The van der Waals surface area contributed by atoms with Crippen molar-refractivity contribution in [1.29, 1.82) is 0 Å². The maximum Gasteiger partial charge on any atom is 0.126 e. The van der Waals surface area contributed by atoms with Gasteiger partial charge in [-0.15, -0.1) is 0 Å². The Kier molecular flexibility index (Phi) is 3.03. The normalized spacial score (nSPS) is 11.1. The van der Waals surface area contributed by atoms with E-state index in [0.717, 1.165) is 22.4 Å². The molecule has 1 heterocycles. The molecule has 3 heteroatoms. The number of nitrogens with one attached hydrogen (secondary N) is 1. The number of aryl methyl sites for hydroxylation is 3. The molecule has 96 valence electrons. The first-order chi connectivity index (χ1) is 9.22. The van der Waals surface area contributed by atoms with Crippen molar-refractivity contribution in [3.05, 3.63) is 65.2 Å². The van der Waals surface area contributed by atoms with Crippen LogP contribution < -0.4 is 0 Å². The van der Waals surface area contributed by atoms with Crippen molar-refractivity contribution in [2.75, 3.05) is 0 Å². The fourth-order valence-corrected chi connectivity index (χ4v) is 2.25. The highest BCUT2D eigenvalue weighted by Crippen LogP contribution is 2.15. The molecule has 3 aromatic rings. The Labute approximate surface area is 111 Å². The van der Waals surface area contributed by atoms with Crippen LogP contribution in [0.5, 0.6) is 0 Å². The van der Waals surface area contributed by atoms with Gasteiger partial charge in [0.05, 0.1) is 11.0 Å². The first-order valence-corrected chi connectivity index (χ1v) is 6.41. The van der Waals surface area contributed by atoms with Crippen LogP contribution in [0.2, 0.25) is 0 Å². The summed E-state index contributed by atoms with van der Waals surface area (Å²) in [7, 11) is 0. The lowest BCUT2D eigenvalue weighted by molar-refractivity contribution is 0.607. The summed E-state index contributed by atoms with van der Waals surface area (Å²) in [5.41, 5.74) is 3.95. The zero-order valence-electron chi connectivity index (χ0n) is 10.8. The molecule has 1 aromatic heterocycles. The fraction of sp³-hybridized carbons (Fsp3) is 0.188. The second kappa shape index (κ2) is 4.84. The standard InChI is InChI=1S/C16H15FN2/c1-11-6-8-14-15(10-11)19-16(18-14)9-7-12-4-2-3-5-13(12)17/h2-6,8,10H,7,9H2,1H3,(H,18,19). The molecular formula is C16H15FN2. The molecular weight excluding hydrogens is 239 g/mol. The summed E-state index contributed by atoms with van der Waals surface area (Å²) in [5, 5.41) is 0. The van der Waals surface area contributed by atoms with Crippen molar-refractivity contribution in [2.45, 2.75) is 19.8 Å². The van der Waals surface area contributed by atoms with Gasteiger partial charge in [0.15, 0.2) is 0 Å². The van der Waals surface area contributed by atoms with Crippen molar-refractivity contribution in [3.63, 3.8) is 0 Å². The minimum absolute atomic E-state index is 0.144. The third-order valence-corrected chi connectivity index (χ3v) is 3.28. The Morgan fingerprint density at radius 2 is 1.95 bits per heavy atom. The predicted molar refractivity (Wildman–Crippen MR) is 74.6 cm³/mol. The number of benzene rings is 2. The van der Waals surface area contributed by atoms with E-state index in [-0.39, 0.29) is 5.82 Å². The van der Waals surface area contributed by atoms with Crippen LogP contribution >= 0.6 is 0 Å². The van der Waals surface area contributed by atoms with Gasteiger partial charge in [0, 0.05) is 6.42 Å². The number of fused-ring (bicyclic) bond motifs is 1. The van der Waals surface area contributed by atoms with Crippen molar-refractivity contribution in [1.82, 2.24) is 9.97 Å². The molecule has 0 fully saturated rings. The molecule has 0 aliphatic carbocycles. The van der Waals surface area contributed by atoms with Gasteiger partial charge < -0.3 is 4.98 Å². The molecule has 0 unspecified atom stereocenters. The second-order valence-corrected chi connectivity index (χ2v) is 4.80. The summed E-state index contributed by atoms with van der Waals surface area (Å²) >= 11 is 0. The fourth-order valence-electron chi connectivity index (χ4n) is 2.25. The molecule has 0 bridgehead atoms. The summed E-state index contributed by atoms with van der Waals surface area (Å²) in [5.74, 6) is 0.762. The SMILES string of the molecule is Cc1ccc2nc(CCc3ccccc3F)[nH]c2c1. The number of nitrogens with zero attached hydrogens (tertiary/aromatic N) is 1. The molecule has 0 saturated carbocycles. The predicted octanol–water partition coefficient (Wildman–Crippen LogP) is 3.80. The monoisotopic (exact) mass is 254 g/mol. The van der Waals surface area contributed by atoms with Gasteiger partial charge in [0.1, 0.15) is 11.6 Å². The van der Waals surface area contributed by atoms with E-state index in [1.165, 1.54) is 11.6 Å². The van der Waals surface area contributed by atoms with Crippen LogP contribution in [0.4, 0.5) is 4.39 Å². The lowest BCUT2D eigenvalue weighted by atomic mass is 10.1.